The molecular formula is C30H52. The maximum Gasteiger partial charge on any atom is -0.0241 e. The summed E-state index contributed by atoms with van der Waals surface area (Å²) in [6.45, 7) is 17.8. The number of rotatable bonds is 5. The number of hydrogen-bond acceptors (Lipinski definition) is 0. The molecule has 0 heterocycles. The van der Waals surface area contributed by atoms with Gasteiger partial charge in [-0.2, -0.15) is 0 Å². The van der Waals surface area contributed by atoms with Crippen molar-refractivity contribution in [2.24, 2.45) is 51.8 Å². The van der Waals surface area contributed by atoms with Crippen molar-refractivity contribution in [3.05, 3.63) is 11.6 Å². The van der Waals surface area contributed by atoms with Crippen molar-refractivity contribution >= 4 is 0 Å². The van der Waals surface area contributed by atoms with Crippen LogP contribution in [0.3, 0.4) is 0 Å². The average molecular weight is 413 g/mol. The molecule has 0 heteroatoms. The maximum absolute atomic E-state index is 2.75. The standard InChI is InChI=1S/C30H52/c1-8-23(21(2)3)12-11-22(4)25-13-14-26-24-15-19-28(5)17-9-10-18-30(28,7)27(24)16-20-29(25,26)6/h8,21-22,24-27H,9-20H2,1-7H3/b23-8+. The van der Waals surface area contributed by atoms with Gasteiger partial charge in [-0.25, -0.2) is 0 Å². The SMILES string of the molecule is C/C=C(\CCC(C)C1CCC2C3CCC4(C)CCCCC4(C)C3CCC12C)C(C)C. The van der Waals surface area contributed by atoms with Crippen LogP contribution in [0.15, 0.2) is 11.6 Å². The summed E-state index contributed by atoms with van der Waals surface area (Å²) in [6.07, 6.45) is 20.4. The van der Waals surface area contributed by atoms with E-state index in [1.807, 2.05) is 0 Å². The zero-order valence-electron chi connectivity index (χ0n) is 21.5. The van der Waals surface area contributed by atoms with Gasteiger partial charge in [0.05, 0.1) is 0 Å². The lowest BCUT2D eigenvalue weighted by Gasteiger charge is -2.65. The van der Waals surface area contributed by atoms with Gasteiger partial charge in [0.15, 0.2) is 0 Å². The Morgan fingerprint density at radius 2 is 1.60 bits per heavy atom. The molecule has 0 spiro atoms. The smallest absolute Gasteiger partial charge is 0.0241 e. The zero-order valence-corrected chi connectivity index (χ0v) is 21.5. The Morgan fingerprint density at radius 1 is 0.867 bits per heavy atom. The van der Waals surface area contributed by atoms with E-state index >= 15 is 0 Å². The van der Waals surface area contributed by atoms with Gasteiger partial charge in [0, 0.05) is 0 Å². The van der Waals surface area contributed by atoms with Crippen molar-refractivity contribution in [3.63, 3.8) is 0 Å². The molecule has 0 nitrogen and oxygen atoms in total. The molecule has 0 aromatic heterocycles. The topological polar surface area (TPSA) is 0 Å². The molecule has 4 rings (SSSR count). The molecule has 0 N–H and O–H groups in total. The molecule has 0 bridgehead atoms. The largest absolute Gasteiger partial charge is 0.0882 e. The minimum Gasteiger partial charge on any atom is -0.0882 e. The Hall–Kier alpha value is -0.260. The van der Waals surface area contributed by atoms with Crippen LogP contribution < -0.4 is 0 Å². The van der Waals surface area contributed by atoms with Crippen LogP contribution in [-0.4, -0.2) is 0 Å². The van der Waals surface area contributed by atoms with E-state index in [1.165, 1.54) is 57.8 Å². The summed E-state index contributed by atoms with van der Waals surface area (Å²) in [5, 5.41) is 0. The maximum atomic E-state index is 2.75. The molecular weight excluding hydrogens is 360 g/mol. The van der Waals surface area contributed by atoms with Crippen LogP contribution in [0.25, 0.3) is 0 Å². The average Bonchev–Trinajstić information content (AvgIpc) is 3.05. The van der Waals surface area contributed by atoms with E-state index in [9.17, 15) is 0 Å². The monoisotopic (exact) mass is 412 g/mol. The first-order valence-corrected chi connectivity index (χ1v) is 13.8. The lowest BCUT2D eigenvalue weighted by molar-refractivity contribution is -0.154. The van der Waals surface area contributed by atoms with Gasteiger partial charge in [-0.1, -0.05) is 66.0 Å². The van der Waals surface area contributed by atoms with E-state index in [4.69, 9.17) is 0 Å². The normalized spacial score (nSPS) is 47.5. The molecule has 8 unspecified atom stereocenters. The van der Waals surface area contributed by atoms with Crippen LogP contribution in [0.2, 0.25) is 0 Å². The fourth-order valence-corrected chi connectivity index (χ4v) is 9.94. The predicted octanol–water partition coefficient (Wildman–Crippen LogP) is 9.44. The Bertz CT molecular complexity index is 642. The Morgan fingerprint density at radius 3 is 2.30 bits per heavy atom. The lowest BCUT2D eigenvalue weighted by atomic mass is 9.40. The minimum atomic E-state index is 0.632. The van der Waals surface area contributed by atoms with E-state index in [2.05, 4.69) is 54.5 Å². The Balaban J connectivity index is 1.49. The summed E-state index contributed by atoms with van der Waals surface area (Å²) in [5.41, 5.74) is 3.59. The lowest BCUT2D eigenvalue weighted by Crippen LogP contribution is -2.56. The van der Waals surface area contributed by atoms with E-state index < -0.39 is 0 Å². The van der Waals surface area contributed by atoms with Gasteiger partial charge in [0.2, 0.25) is 0 Å². The third-order valence-electron chi connectivity index (χ3n) is 12.1. The van der Waals surface area contributed by atoms with Gasteiger partial charge in [-0.05, 0) is 123 Å². The van der Waals surface area contributed by atoms with Crippen molar-refractivity contribution in [3.8, 4) is 0 Å². The summed E-state index contributed by atoms with van der Waals surface area (Å²) in [7, 11) is 0. The third kappa shape index (κ3) is 3.46. The highest BCUT2D eigenvalue weighted by Gasteiger charge is 2.62. The molecule has 4 fully saturated rings. The fraction of sp³-hybridized carbons (Fsp3) is 0.933. The molecule has 172 valence electrons. The molecule has 4 saturated carbocycles. The molecule has 0 amide bonds. The second-order valence-corrected chi connectivity index (χ2v) is 13.4. The molecule has 0 radical (unpaired) electrons. The summed E-state index contributed by atoms with van der Waals surface area (Å²) in [4.78, 5) is 0. The van der Waals surface area contributed by atoms with Crippen molar-refractivity contribution in [2.45, 2.75) is 126 Å². The van der Waals surface area contributed by atoms with Crippen LogP contribution >= 0.6 is 0 Å². The molecule has 8 atom stereocenters. The van der Waals surface area contributed by atoms with E-state index in [-0.39, 0.29) is 0 Å². The van der Waals surface area contributed by atoms with Gasteiger partial charge >= 0.3 is 0 Å². The zero-order chi connectivity index (χ0) is 21.7. The Labute approximate surface area is 189 Å². The quantitative estimate of drug-likeness (QED) is 0.394. The van der Waals surface area contributed by atoms with E-state index in [0.717, 1.165) is 35.5 Å². The fourth-order valence-electron chi connectivity index (χ4n) is 9.94. The number of fused-ring (bicyclic) bond motifs is 5. The Kier molecular flexibility index (Phi) is 6.31. The summed E-state index contributed by atoms with van der Waals surface area (Å²) < 4.78 is 0. The molecule has 30 heavy (non-hydrogen) atoms. The van der Waals surface area contributed by atoms with Crippen LogP contribution in [0.4, 0.5) is 0 Å². The highest BCUT2D eigenvalue weighted by atomic mass is 14.7. The second kappa shape index (κ2) is 8.26. The van der Waals surface area contributed by atoms with Crippen LogP contribution in [0.1, 0.15) is 126 Å². The molecule has 0 saturated heterocycles. The summed E-state index contributed by atoms with van der Waals surface area (Å²) >= 11 is 0. The predicted molar refractivity (Wildman–Crippen MR) is 131 cm³/mol. The molecule has 0 aromatic carbocycles. The van der Waals surface area contributed by atoms with Crippen molar-refractivity contribution in [1.82, 2.24) is 0 Å². The highest BCUT2D eigenvalue weighted by molar-refractivity contribution is 5.12. The van der Waals surface area contributed by atoms with Crippen LogP contribution in [0.5, 0.6) is 0 Å². The van der Waals surface area contributed by atoms with Gasteiger partial charge in [0.1, 0.15) is 0 Å². The minimum absolute atomic E-state index is 0.632. The van der Waals surface area contributed by atoms with Crippen LogP contribution in [0, 0.1) is 51.8 Å². The molecule has 0 aromatic rings. The van der Waals surface area contributed by atoms with Gasteiger partial charge in [-0.15, -0.1) is 0 Å². The summed E-state index contributed by atoms with van der Waals surface area (Å²) in [5.74, 6) is 5.68. The third-order valence-corrected chi connectivity index (χ3v) is 12.1. The van der Waals surface area contributed by atoms with Crippen LogP contribution in [-0.2, 0) is 0 Å². The first kappa shape index (κ1) is 22.9. The highest BCUT2D eigenvalue weighted by Crippen LogP contribution is 2.71. The van der Waals surface area contributed by atoms with Crippen molar-refractivity contribution < 1.29 is 0 Å². The van der Waals surface area contributed by atoms with Crippen molar-refractivity contribution in [2.75, 3.05) is 0 Å². The van der Waals surface area contributed by atoms with E-state index in [1.54, 1.807) is 24.8 Å². The van der Waals surface area contributed by atoms with Gasteiger partial charge in [-0.3, -0.25) is 0 Å². The number of allylic oxidation sites excluding steroid dienone is 2. The van der Waals surface area contributed by atoms with Crippen molar-refractivity contribution in [1.29, 1.82) is 0 Å². The van der Waals surface area contributed by atoms with Gasteiger partial charge < -0.3 is 0 Å². The first-order valence-electron chi connectivity index (χ1n) is 13.8. The molecule has 0 aliphatic heterocycles. The van der Waals surface area contributed by atoms with Gasteiger partial charge in [0.25, 0.3) is 0 Å². The second-order valence-electron chi connectivity index (χ2n) is 13.4. The number of hydrogen-bond donors (Lipinski definition) is 0. The summed E-state index contributed by atoms with van der Waals surface area (Å²) in [6, 6.07) is 0. The molecule has 4 aliphatic carbocycles. The van der Waals surface area contributed by atoms with E-state index in [0.29, 0.717) is 16.2 Å². The molecule has 4 aliphatic rings. The first-order chi connectivity index (χ1) is 14.2.